The number of carbonyl (C=O) groups is 2. The first-order valence-corrected chi connectivity index (χ1v) is 9.98. The van der Waals surface area contributed by atoms with Crippen LogP contribution in [0.3, 0.4) is 0 Å². The standard InChI is InChI=1S/C18H14BrN5O5S/c1-23-10-20-22-18(23)30-15-7-6-11(8-14(15)24(27)28)17(26)29-9-16(25)21-13-5-3-2-4-12(13)19/h2-8,10H,9H2,1H3,(H,21,25). The molecule has 1 heterocycles. The first-order chi connectivity index (χ1) is 14.3. The van der Waals surface area contributed by atoms with Crippen LogP contribution >= 0.6 is 27.7 Å². The van der Waals surface area contributed by atoms with E-state index < -0.39 is 23.4 Å². The Kier molecular flexibility index (Phi) is 6.79. The first-order valence-electron chi connectivity index (χ1n) is 8.37. The number of benzene rings is 2. The number of para-hydroxylation sites is 1. The molecule has 2 aromatic carbocycles. The summed E-state index contributed by atoms with van der Waals surface area (Å²) in [5.41, 5.74) is 0.201. The fraction of sp³-hybridized carbons (Fsp3) is 0.111. The third kappa shape index (κ3) is 5.21. The van der Waals surface area contributed by atoms with Crippen molar-refractivity contribution in [1.29, 1.82) is 0 Å². The molecule has 0 saturated carbocycles. The molecule has 0 spiro atoms. The van der Waals surface area contributed by atoms with Gasteiger partial charge in [-0.15, -0.1) is 10.2 Å². The van der Waals surface area contributed by atoms with Gasteiger partial charge in [-0.2, -0.15) is 0 Å². The minimum atomic E-state index is -0.851. The number of aromatic nitrogens is 3. The zero-order valence-corrected chi connectivity index (χ0v) is 17.8. The maximum atomic E-state index is 12.3. The van der Waals surface area contributed by atoms with Crippen molar-refractivity contribution in [3.05, 3.63) is 68.9 Å². The molecule has 0 atom stereocenters. The summed E-state index contributed by atoms with van der Waals surface area (Å²) in [4.78, 5) is 35.4. The molecule has 30 heavy (non-hydrogen) atoms. The van der Waals surface area contributed by atoms with Gasteiger partial charge in [0.05, 0.1) is 21.1 Å². The van der Waals surface area contributed by atoms with Gasteiger partial charge in [0, 0.05) is 17.6 Å². The van der Waals surface area contributed by atoms with Crippen LogP contribution in [0.5, 0.6) is 0 Å². The lowest BCUT2D eigenvalue weighted by Gasteiger charge is -2.08. The molecule has 1 amide bonds. The van der Waals surface area contributed by atoms with Crippen LogP contribution in [0.1, 0.15) is 10.4 Å². The lowest BCUT2D eigenvalue weighted by molar-refractivity contribution is -0.387. The molecule has 0 aliphatic rings. The zero-order chi connectivity index (χ0) is 21.7. The molecule has 0 radical (unpaired) electrons. The number of nitro benzene ring substituents is 1. The number of aryl methyl sites for hydroxylation is 1. The monoisotopic (exact) mass is 491 g/mol. The normalized spacial score (nSPS) is 10.5. The van der Waals surface area contributed by atoms with Gasteiger partial charge in [0.25, 0.3) is 11.6 Å². The molecule has 1 N–H and O–H groups in total. The lowest BCUT2D eigenvalue weighted by atomic mass is 10.2. The summed E-state index contributed by atoms with van der Waals surface area (Å²) in [6.45, 7) is -0.538. The van der Waals surface area contributed by atoms with Crippen molar-refractivity contribution in [2.75, 3.05) is 11.9 Å². The summed E-state index contributed by atoms with van der Waals surface area (Å²) in [5, 5.41) is 22.1. The Bertz CT molecular complexity index is 1120. The largest absolute Gasteiger partial charge is 0.452 e. The molecule has 1 aromatic heterocycles. The molecule has 0 bridgehead atoms. The molecule has 0 fully saturated rings. The van der Waals surface area contributed by atoms with Gasteiger partial charge in [0.15, 0.2) is 11.8 Å². The Morgan fingerprint density at radius 1 is 1.30 bits per heavy atom. The van der Waals surface area contributed by atoms with E-state index in [-0.39, 0.29) is 11.3 Å². The SMILES string of the molecule is Cn1cnnc1Sc1ccc(C(=O)OCC(=O)Nc2ccccc2Br)cc1[N+](=O)[O-]. The van der Waals surface area contributed by atoms with E-state index in [9.17, 15) is 19.7 Å². The van der Waals surface area contributed by atoms with Crippen molar-refractivity contribution >= 4 is 50.9 Å². The highest BCUT2D eigenvalue weighted by molar-refractivity contribution is 9.10. The van der Waals surface area contributed by atoms with Crippen molar-refractivity contribution in [2.45, 2.75) is 10.1 Å². The number of ether oxygens (including phenoxy) is 1. The summed E-state index contributed by atoms with van der Waals surface area (Å²) in [7, 11) is 1.71. The molecule has 3 aromatic rings. The summed E-state index contributed by atoms with van der Waals surface area (Å²) in [6.07, 6.45) is 1.47. The van der Waals surface area contributed by atoms with Crippen LogP contribution in [-0.4, -0.2) is 38.2 Å². The van der Waals surface area contributed by atoms with E-state index in [2.05, 4.69) is 31.4 Å². The second kappa shape index (κ2) is 9.50. The van der Waals surface area contributed by atoms with Crippen LogP contribution < -0.4 is 5.32 Å². The number of carbonyl (C=O) groups excluding carboxylic acids is 2. The Balaban J connectivity index is 1.67. The fourth-order valence-electron chi connectivity index (χ4n) is 2.30. The van der Waals surface area contributed by atoms with E-state index >= 15 is 0 Å². The maximum Gasteiger partial charge on any atom is 0.338 e. The van der Waals surface area contributed by atoms with Gasteiger partial charge in [0.1, 0.15) is 6.33 Å². The number of hydrogen-bond acceptors (Lipinski definition) is 8. The number of halogens is 1. The van der Waals surface area contributed by atoms with Crippen molar-refractivity contribution < 1.29 is 19.2 Å². The molecule has 0 aliphatic heterocycles. The van der Waals surface area contributed by atoms with E-state index in [0.29, 0.717) is 20.2 Å². The van der Waals surface area contributed by atoms with Crippen LogP contribution in [0, 0.1) is 10.1 Å². The quantitative estimate of drug-likeness (QED) is 0.302. The van der Waals surface area contributed by atoms with Crippen LogP contribution in [0.25, 0.3) is 0 Å². The molecule has 10 nitrogen and oxygen atoms in total. The second-order valence-electron chi connectivity index (χ2n) is 5.87. The van der Waals surface area contributed by atoms with Gasteiger partial charge in [0.2, 0.25) is 0 Å². The topological polar surface area (TPSA) is 129 Å². The second-order valence-corrected chi connectivity index (χ2v) is 7.73. The Morgan fingerprint density at radius 3 is 2.73 bits per heavy atom. The summed E-state index contributed by atoms with van der Waals surface area (Å²) >= 11 is 4.34. The van der Waals surface area contributed by atoms with Crippen molar-refractivity contribution in [1.82, 2.24) is 14.8 Å². The predicted molar refractivity (Wildman–Crippen MR) is 111 cm³/mol. The number of hydrogen-bond donors (Lipinski definition) is 1. The summed E-state index contributed by atoms with van der Waals surface area (Å²) < 4.78 is 7.27. The summed E-state index contributed by atoms with van der Waals surface area (Å²) in [5.74, 6) is -1.39. The minimum Gasteiger partial charge on any atom is -0.452 e. The van der Waals surface area contributed by atoms with Gasteiger partial charge >= 0.3 is 5.97 Å². The van der Waals surface area contributed by atoms with Gasteiger partial charge in [-0.05, 0) is 52.0 Å². The molecular formula is C18H14BrN5O5S. The first kappa shape index (κ1) is 21.5. The molecule has 3 rings (SSSR count). The molecule has 0 unspecified atom stereocenters. The van der Waals surface area contributed by atoms with E-state index in [0.717, 1.165) is 17.8 Å². The lowest BCUT2D eigenvalue weighted by Crippen LogP contribution is -2.21. The third-order valence-corrected chi connectivity index (χ3v) is 5.55. The zero-order valence-electron chi connectivity index (χ0n) is 15.4. The van der Waals surface area contributed by atoms with E-state index in [4.69, 9.17) is 4.74 Å². The van der Waals surface area contributed by atoms with Gasteiger partial charge in [-0.25, -0.2) is 4.79 Å². The van der Waals surface area contributed by atoms with E-state index in [1.807, 2.05) is 0 Å². The van der Waals surface area contributed by atoms with Crippen LogP contribution in [0.4, 0.5) is 11.4 Å². The Labute approximate surface area is 182 Å². The summed E-state index contributed by atoms with van der Waals surface area (Å²) in [6, 6.07) is 10.9. The van der Waals surface area contributed by atoms with E-state index in [1.165, 1.54) is 18.5 Å². The van der Waals surface area contributed by atoms with Crippen molar-refractivity contribution in [2.24, 2.45) is 7.05 Å². The van der Waals surface area contributed by atoms with Gasteiger partial charge in [-0.3, -0.25) is 14.9 Å². The molecule has 154 valence electrons. The number of rotatable bonds is 7. The number of nitrogens with one attached hydrogen (secondary N) is 1. The number of nitrogens with zero attached hydrogens (tertiary/aromatic N) is 4. The highest BCUT2D eigenvalue weighted by Gasteiger charge is 2.21. The fourth-order valence-corrected chi connectivity index (χ4v) is 3.53. The maximum absolute atomic E-state index is 12.3. The predicted octanol–water partition coefficient (Wildman–Crippen LogP) is 3.43. The van der Waals surface area contributed by atoms with Crippen molar-refractivity contribution in [3.8, 4) is 0 Å². The average Bonchev–Trinajstić information content (AvgIpc) is 3.12. The number of anilines is 1. The Hall–Kier alpha value is -3.25. The molecule has 0 aliphatic carbocycles. The van der Waals surface area contributed by atoms with Crippen LogP contribution in [-0.2, 0) is 16.6 Å². The van der Waals surface area contributed by atoms with Gasteiger partial charge < -0.3 is 14.6 Å². The minimum absolute atomic E-state index is 0.0438. The van der Waals surface area contributed by atoms with Crippen LogP contribution in [0.15, 0.2) is 63.3 Å². The highest BCUT2D eigenvalue weighted by Crippen LogP contribution is 2.34. The molecule has 0 saturated heterocycles. The Morgan fingerprint density at radius 2 is 2.07 bits per heavy atom. The van der Waals surface area contributed by atoms with Crippen molar-refractivity contribution in [3.63, 3.8) is 0 Å². The van der Waals surface area contributed by atoms with Crippen LogP contribution in [0.2, 0.25) is 0 Å². The number of nitro groups is 1. The highest BCUT2D eigenvalue weighted by atomic mass is 79.9. The molecule has 12 heteroatoms. The number of amides is 1. The number of esters is 1. The van der Waals surface area contributed by atoms with Gasteiger partial charge in [-0.1, -0.05) is 12.1 Å². The molecular weight excluding hydrogens is 478 g/mol. The third-order valence-electron chi connectivity index (χ3n) is 3.74. The van der Waals surface area contributed by atoms with E-state index in [1.54, 1.807) is 35.9 Å². The smallest absolute Gasteiger partial charge is 0.338 e. The average molecular weight is 492 g/mol.